The third-order valence-corrected chi connectivity index (χ3v) is 1.96. The normalized spacial score (nSPS) is 15.6. The molecule has 1 N–H and O–H groups in total. The van der Waals surface area contributed by atoms with Crippen LogP contribution in [0.1, 0.15) is 18.9 Å². The molecule has 0 spiro atoms. The van der Waals surface area contributed by atoms with Gasteiger partial charge in [-0.25, -0.2) is 4.39 Å². The summed E-state index contributed by atoms with van der Waals surface area (Å²) < 4.78 is 13.7. The Morgan fingerprint density at radius 2 is 1.92 bits per heavy atom. The Bertz CT molecular complexity index is 231. The van der Waals surface area contributed by atoms with Gasteiger partial charge in [-0.2, -0.15) is 0 Å². The number of rotatable bonds is 3. The molecule has 0 aliphatic rings. The fourth-order valence-electron chi connectivity index (χ4n) is 1.14. The van der Waals surface area contributed by atoms with Gasteiger partial charge in [-0.1, -0.05) is 30.3 Å². The zero-order valence-electron chi connectivity index (χ0n) is 7.13. The predicted molar refractivity (Wildman–Crippen MR) is 46.6 cm³/mol. The standard InChI is InChI=1S/C10H13FO/c1-10(11,7-8-12)9-5-3-2-4-6-9/h2-6,12H,7-8H2,1H3. The summed E-state index contributed by atoms with van der Waals surface area (Å²) in [5.41, 5.74) is -0.783. The highest BCUT2D eigenvalue weighted by molar-refractivity contribution is 5.21. The SMILES string of the molecule is CC(F)(CCO)c1ccccc1. The number of alkyl halides is 1. The summed E-state index contributed by atoms with van der Waals surface area (Å²) in [6.07, 6.45) is 0.150. The fourth-order valence-corrected chi connectivity index (χ4v) is 1.14. The molecule has 0 saturated carbocycles. The maximum Gasteiger partial charge on any atom is 0.135 e. The molecule has 1 aromatic carbocycles. The summed E-state index contributed by atoms with van der Waals surface area (Å²) in [7, 11) is 0. The molecule has 66 valence electrons. The lowest BCUT2D eigenvalue weighted by atomic mass is 9.95. The number of benzene rings is 1. The van der Waals surface area contributed by atoms with E-state index in [-0.39, 0.29) is 13.0 Å². The molecular weight excluding hydrogens is 155 g/mol. The summed E-state index contributed by atoms with van der Waals surface area (Å²) in [4.78, 5) is 0. The zero-order chi connectivity index (χ0) is 9.03. The van der Waals surface area contributed by atoms with Gasteiger partial charge in [-0.3, -0.25) is 0 Å². The van der Waals surface area contributed by atoms with Gasteiger partial charge in [0, 0.05) is 13.0 Å². The van der Waals surface area contributed by atoms with Crippen LogP contribution in [0.4, 0.5) is 4.39 Å². The van der Waals surface area contributed by atoms with Crippen LogP contribution in [0.2, 0.25) is 0 Å². The van der Waals surface area contributed by atoms with E-state index < -0.39 is 5.67 Å². The summed E-state index contributed by atoms with van der Waals surface area (Å²) in [5.74, 6) is 0. The van der Waals surface area contributed by atoms with Crippen LogP contribution in [-0.4, -0.2) is 11.7 Å². The predicted octanol–water partition coefficient (Wildman–Crippen LogP) is 2.25. The molecule has 0 fully saturated rings. The maximum absolute atomic E-state index is 13.7. The highest BCUT2D eigenvalue weighted by Gasteiger charge is 2.24. The summed E-state index contributed by atoms with van der Waals surface area (Å²) in [5, 5.41) is 8.62. The molecule has 0 saturated heterocycles. The Labute approximate surface area is 71.9 Å². The van der Waals surface area contributed by atoms with Crippen molar-refractivity contribution in [2.45, 2.75) is 19.0 Å². The van der Waals surface area contributed by atoms with Gasteiger partial charge in [0.05, 0.1) is 0 Å². The first-order valence-corrected chi connectivity index (χ1v) is 4.02. The van der Waals surface area contributed by atoms with Crippen LogP contribution < -0.4 is 0 Å². The molecule has 0 bridgehead atoms. The molecule has 0 radical (unpaired) electrons. The van der Waals surface area contributed by atoms with Gasteiger partial charge in [-0.05, 0) is 12.5 Å². The van der Waals surface area contributed by atoms with E-state index in [0.717, 1.165) is 0 Å². The highest BCUT2D eigenvalue weighted by Crippen LogP contribution is 2.28. The molecule has 0 aliphatic carbocycles. The van der Waals surface area contributed by atoms with Crippen molar-refractivity contribution in [1.82, 2.24) is 0 Å². The summed E-state index contributed by atoms with van der Waals surface area (Å²) in [6, 6.07) is 8.90. The summed E-state index contributed by atoms with van der Waals surface area (Å²) >= 11 is 0. The third kappa shape index (κ3) is 2.05. The van der Waals surface area contributed by atoms with Crippen molar-refractivity contribution < 1.29 is 9.50 Å². The van der Waals surface area contributed by atoms with Crippen molar-refractivity contribution in [3.63, 3.8) is 0 Å². The van der Waals surface area contributed by atoms with Gasteiger partial charge < -0.3 is 5.11 Å². The van der Waals surface area contributed by atoms with Gasteiger partial charge >= 0.3 is 0 Å². The maximum atomic E-state index is 13.7. The van der Waals surface area contributed by atoms with Crippen molar-refractivity contribution in [2.24, 2.45) is 0 Å². The molecule has 0 aromatic heterocycles. The topological polar surface area (TPSA) is 20.2 Å². The van der Waals surface area contributed by atoms with Crippen LogP contribution in [0.5, 0.6) is 0 Å². The van der Waals surface area contributed by atoms with Gasteiger partial charge in [0.1, 0.15) is 5.67 Å². The van der Waals surface area contributed by atoms with Crippen molar-refractivity contribution in [3.05, 3.63) is 35.9 Å². The molecule has 1 rings (SSSR count). The zero-order valence-corrected chi connectivity index (χ0v) is 7.13. The molecule has 0 heterocycles. The third-order valence-electron chi connectivity index (χ3n) is 1.96. The van der Waals surface area contributed by atoms with E-state index in [1.54, 1.807) is 24.3 Å². The lowest BCUT2D eigenvalue weighted by molar-refractivity contribution is 0.133. The minimum atomic E-state index is -1.41. The number of aliphatic hydroxyl groups is 1. The average molecular weight is 168 g/mol. The first-order valence-electron chi connectivity index (χ1n) is 4.02. The van der Waals surface area contributed by atoms with E-state index in [2.05, 4.69) is 0 Å². The van der Waals surface area contributed by atoms with Crippen molar-refractivity contribution in [3.8, 4) is 0 Å². The van der Waals surface area contributed by atoms with E-state index >= 15 is 0 Å². The van der Waals surface area contributed by atoms with Crippen molar-refractivity contribution in [1.29, 1.82) is 0 Å². The summed E-state index contributed by atoms with van der Waals surface area (Å²) in [6.45, 7) is 1.36. The number of halogens is 1. The largest absolute Gasteiger partial charge is 0.396 e. The Hall–Kier alpha value is -0.890. The second-order valence-corrected chi connectivity index (χ2v) is 3.04. The van der Waals surface area contributed by atoms with Crippen LogP contribution >= 0.6 is 0 Å². The quantitative estimate of drug-likeness (QED) is 0.734. The van der Waals surface area contributed by atoms with Gasteiger partial charge in [0.2, 0.25) is 0 Å². The van der Waals surface area contributed by atoms with Crippen molar-refractivity contribution >= 4 is 0 Å². The second kappa shape index (κ2) is 3.68. The van der Waals surface area contributed by atoms with Crippen LogP contribution in [0.15, 0.2) is 30.3 Å². The molecule has 12 heavy (non-hydrogen) atoms. The monoisotopic (exact) mass is 168 g/mol. The second-order valence-electron chi connectivity index (χ2n) is 3.04. The van der Waals surface area contributed by atoms with Crippen LogP contribution in [0.3, 0.4) is 0 Å². The van der Waals surface area contributed by atoms with Crippen LogP contribution in [0, 0.1) is 0 Å². The first kappa shape index (κ1) is 9.20. The molecule has 2 heteroatoms. The Balaban J connectivity index is 2.82. The number of hydrogen-bond donors (Lipinski definition) is 1. The fraction of sp³-hybridized carbons (Fsp3) is 0.400. The highest BCUT2D eigenvalue weighted by atomic mass is 19.1. The molecule has 1 nitrogen and oxygen atoms in total. The van der Waals surface area contributed by atoms with Gasteiger partial charge in [0.25, 0.3) is 0 Å². The molecule has 1 atom stereocenters. The molecule has 1 aromatic rings. The van der Waals surface area contributed by atoms with E-state index in [9.17, 15) is 4.39 Å². The lowest BCUT2D eigenvalue weighted by Gasteiger charge is -2.19. The van der Waals surface area contributed by atoms with E-state index in [4.69, 9.17) is 5.11 Å². The first-order chi connectivity index (χ1) is 5.67. The Kier molecular flexibility index (Phi) is 2.82. The van der Waals surface area contributed by atoms with E-state index in [1.165, 1.54) is 6.92 Å². The molecule has 1 unspecified atom stereocenters. The van der Waals surface area contributed by atoms with Gasteiger partial charge in [-0.15, -0.1) is 0 Å². The van der Waals surface area contributed by atoms with Crippen LogP contribution in [-0.2, 0) is 5.67 Å². The minimum absolute atomic E-state index is 0.123. The molecule has 0 amide bonds. The lowest BCUT2D eigenvalue weighted by Crippen LogP contribution is -2.16. The minimum Gasteiger partial charge on any atom is -0.396 e. The number of aliphatic hydroxyl groups excluding tert-OH is 1. The molecular formula is C10H13FO. The van der Waals surface area contributed by atoms with Gasteiger partial charge in [0.15, 0.2) is 0 Å². The van der Waals surface area contributed by atoms with E-state index in [0.29, 0.717) is 5.56 Å². The van der Waals surface area contributed by atoms with Crippen LogP contribution in [0.25, 0.3) is 0 Å². The van der Waals surface area contributed by atoms with Crippen molar-refractivity contribution in [2.75, 3.05) is 6.61 Å². The Morgan fingerprint density at radius 1 is 1.33 bits per heavy atom. The smallest absolute Gasteiger partial charge is 0.135 e. The molecule has 0 aliphatic heterocycles. The Morgan fingerprint density at radius 3 is 2.42 bits per heavy atom. The average Bonchev–Trinajstić information content (AvgIpc) is 2.06. The number of hydrogen-bond acceptors (Lipinski definition) is 1. The van der Waals surface area contributed by atoms with E-state index in [1.807, 2.05) is 6.07 Å².